The van der Waals surface area contributed by atoms with Crippen LogP contribution in [0.15, 0.2) is 4.47 Å². The van der Waals surface area contributed by atoms with E-state index in [9.17, 15) is 9.59 Å². The first-order chi connectivity index (χ1) is 7.06. The number of aliphatic carboxylic acids is 1. The monoisotopic (exact) mass is 276 g/mol. The minimum atomic E-state index is -1.00. The number of hydrogen-bond donors (Lipinski definition) is 2. The number of carboxylic acids is 1. The van der Waals surface area contributed by atoms with E-state index >= 15 is 0 Å². The summed E-state index contributed by atoms with van der Waals surface area (Å²) in [6.07, 6.45) is -0.229. The summed E-state index contributed by atoms with van der Waals surface area (Å²) in [4.78, 5) is 21.7. The lowest BCUT2D eigenvalue weighted by atomic mass is 10.3. The molecule has 0 aromatic carbocycles. The molecule has 2 N–H and O–H groups in total. The number of H-pyrrole nitrogens is 1. The quantitative estimate of drug-likeness (QED) is 0.800. The van der Waals surface area contributed by atoms with E-state index in [0.717, 1.165) is 0 Å². The van der Waals surface area contributed by atoms with Gasteiger partial charge in [0.25, 0.3) is 0 Å². The van der Waals surface area contributed by atoms with Crippen molar-refractivity contribution in [3.63, 3.8) is 0 Å². The zero-order chi connectivity index (χ0) is 11.4. The average molecular weight is 277 g/mol. The van der Waals surface area contributed by atoms with Crippen LogP contribution in [-0.4, -0.2) is 33.8 Å². The number of rotatable bonds is 4. The molecular weight excluding hydrogens is 268 g/mol. The van der Waals surface area contributed by atoms with Crippen molar-refractivity contribution in [2.45, 2.75) is 13.3 Å². The summed E-state index contributed by atoms with van der Waals surface area (Å²) in [5.41, 5.74) is 0.402. The topological polar surface area (TPSA) is 92.3 Å². The minimum Gasteiger partial charge on any atom is -0.481 e. The van der Waals surface area contributed by atoms with Crippen molar-refractivity contribution in [2.75, 3.05) is 6.61 Å². The van der Waals surface area contributed by atoms with Crippen molar-refractivity contribution in [3.8, 4) is 0 Å². The maximum atomic E-state index is 11.3. The minimum absolute atomic E-state index is 0.0631. The van der Waals surface area contributed by atoms with Crippen LogP contribution in [-0.2, 0) is 16.0 Å². The van der Waals surface area contributed by atoms with Gasteiger partial charge in [-0.2, -0.15) is 5.10 Å². The lowest BCUT2D eigenvalue weighted by molar-refractivity contribution is -0.136. The molecule has 1 aromatic rings. The Labute approximate surface area is 93.8 Å². The SMILES string of the molecule is CCOC(=O)c1n[nH]c(CC(=O)O)c1Br. The van der Waals surface area contributed by atoms with E-state index < -0.39 is 11.9 Å². The van der Waals surface area contributed by atoms with Gasteiger partial charge in [0.2, 0.25) is 0 Å². The first-order valence-electron chi connectivity index (χ1n) is 4.18. The number of carboxylic acid groups (broad SMARTS) is 1. The predicted molar refractivity (Wildman–Crippen MR) is 53.6 cm³/mol. The highest BCUT2D eigenvalue weighted by atomic mass is 79.9. The fourth-order valence-electron chi connectivity index (χ4n) is 0.968. The van der Waals surface area contributed by atoms with E-state index in [4.69, 9.17) is 9.84 Å². The molecule has 15 heavy (non-hydrogen) atoms. The molecule has 0 saturated heterocycles. The summed E-state index contributed by atoms with van der Waals surface area (Å²) in [5, 5.41) is 14.7. The van der Waals surface area contributed by atoms with Gasteiger partial charge in [-0.1, -0.05) is 0 Å². The molecule has 0 aliphatic heterocycles. The van der Waals surface area contributed by atoms with Crippen molar-refractivity contribution >= 4 is 27.9 Å². The van der Waals surface area contributed by atoms with Gasteiger partial charge >= 0.3 is 11.9 Å². The first-order valence-corrected chi connectivity index (χ1v) is 4.97. The van der Waals surface area contributed by atoms with Crippen LogP contribution in [0.2, 0.25) is 0 Å². The molecule has 0 aliphatic carbocycles. The molecule has 0 saturated carbocycles. The van der Waals surface area contributed by atoms with E-state index in [-0.39, 0.29) is 18.7 Å². The van der Waals surface area contributed by atoms with E-state index in [0.29, 0.717) is 10.2 Å². The second kappa shape index (κ2) is 4.92. The largest absolute Gasteiger partial charge is 0.481 e. The molecule has 1 rings (SSSR count). The molecule has 0 spiro atoms. The van der Waals surface area contributed by atoms with Crippen molar-refractivity contribution in [3.05, 3.63) is 15.9 Å². The zero-order valence-corrected chi connectivity index (χ0v) is 9.50. The fraction of sp³-hybridized carbons (Fsp3) is 0.375. The molecule has 1 aromatic heterocycles. The van der Waals surface area contributed by atoms with Gasteiger partial charge in [-0.15, -0.1) is 0 Å². The van der Waals surface area contributed by atoms with Crippen LogP contribution in [0.5, 0.6) is 0 Å². The zero-order valence-electron chi connectivity index (χ0n) is 7.91. The van der Waals surface area contributed by atoms with Crippen LogP contribution < -0.4 is 0 Å². The predicted octanol–water partition coefficient (Wildman–Crippen LogP) is 0.976. The molecule has 7 heteroatoms. The van der Waals surface area contributed by atoms with Gasteiger partial charge in [0, 0.05) is 0 Å². The number of nitrogens with one attached hydrogen (secondary N) is 1. The Kier molecular flexibility index (Phi) is 3.84. The second-order valence-electron chi connectivity index (χ2n) is 2.66. The Hall–Kier alpha value is -1.37. The third-order valence-electron chi connectivity index (χ3n) is 1.57. The Morgan fingerprint density at radius 1 is 1.60 bits per heavy atom. The van der Waals surface area contributed by atoms with Gasteiger partial charge in [0.15, 0.2) is 5.69 Å². The molecule has 0 atom stereocenters. The molecule has 0 bridgehead atoms. The third-order valence-corrected chi connectivity index (χ3v) is 2.43. The fourth-order valence-corrected chi connectivity index (χ4v) is 1.45. The number of ether oxygens (including phenoxy) is 1. The van der Waals surface area contributed by atoms with E-state index in [2.05, 4.69) is 26.1 Å². The molecule has 0 unspecified atom stereocenters. The molecule has 0 amide bonds. The number of hydrogen-bond acceptors (Lipinski definition) is 4. The van der Waals surface area contributed by atoms with E-state index in [1.54, 1.807) is 6.92 Å². The van der Waals surface area contributed by atoms with Crippen molar-refractivity contribution in [1.82, 2.24) is 10.2 Å². The van der Waals surface area contributed by atoms with Crippen LogP contribution in [0.1, 0.15) is 23.1 Å². The summed E-state index contributed by atoms with van der Waals surface area (Å²) in [6.45, 7) is 1.92. The van der Waals surface area contributed by atoms with Crippen molar-refractivity contribution in [1.29, 1.82) is 0 Å². The Balaban J connectivity index is 2.88. The van der Waals surface area contributed by atoms with Crippen LogP contribution >= 0.6 is 15.9 Å². The van der Waals surface area contributed by atoms with Crippen molar-refractivity contribution < 1.29 is 19.4 Å². The van der Waals surface area contributed by atoms with Crippen molar-refractivity contribution in [2.24, 2.45) is 0 Å². The van der Waals surface area contributed by atoms with Gasteiger partial charge in [0.1, 0.15) is 0 Å². The molecule has 0 fully saturated rings. The maximum Gasteiger partial charge on any atom is 0.360 e. The number of esters is 1. The van der Waals surface area contributed by atoms with Gasteiger partial charge in [-0.25, -0.2) is 4.79 Å². The highest BCUT2D eigenvalue weighted by Crippen LogP contribution is 2.20. The number of carbonyl (C=O) groups excluding carboxylic acids is 1. The third kappa shape index (κ3) is 2.79. The van der Waals surface area contributed by atoms with Gasteiger partial charge in [-0.3, -0.25) is 9.89 Å². The Morgan fingerprint density at radius 3 is 2.80 bits per heavy atom. The lowest BCUT2D eigenvalue weighted by Crippen LogP contribution is -2.06. The van der Waals surface area contributed by atoms with E-state index in [1.807, 2.05) is 0 Å². The van der Waals surface area contributed by atoms with Crippen LogP contribution in [0.3, 0.4) is 0 Å². The number of aromatic nitrogens is 2. The van der Waals surface area contributed by atoms with Crippen LogP contribution in [0, 0.1) is 0 Å². The molecule has 1 heterocycles. The van der Waals surface area contributed by atoms with Gasteiger partial charge < -0.3 is 9.84 Å². The normalized spacial score (nSPS) is 10.0. The number of halogens is 1. The number of nitrogens with zero attached hydrogens (tertiary/aromatic N) is 1. The van der Waals surface area contributed by atoms with Crippen LogP contribution in [0.4, 0.5) is 0 Å². The average Bonchev–Trinajstić information content (AvgIpc) is 2.48. The van der Waals surface area contributed by atoms with Crippen LogP contribution in [0.25, 0.3) is 0 Å². The van der Waals surface area contributed by atoms with E-state index in [1.165, 1.54) is 0 Å². The summed E-state index contributed by atoms with van der Waals surface area (Å²) >= 11 is 3.09. The molecular formula is C8H9BrN2O4. The molecule has 0 radical (unpaired) electrons. The number of aromatic amines is 1. The summed E-state index contributed by atoms with van der Waals surface area (Å²) < 4.78 is 5.06. The maximum absolute atomic E-state index is 11.3. The summed E-state index contributed by atoms with van der Waals surface area (Å²) in [5.74, 6) is -1.59. The molecule has 0 aliphatic rings. The Morgan fingerprint density at radius 2 is 2.27 bits per heavy atom. The standard InChI is InChI=1S/C8H9BrN2O4/c1-2-15-8(14)7-6(9)4(10-11-7)3-5(12)13/h2-3H2,1H3,(H,10,11)(H,12,13). The Bertz CT molecular complexity index is 388. The second-order valence-corrected chi connectivity index (χ2v) is 3.45. The highest BCUT2D eigenvalue weighted by molar-refractivity contribution is 9.10. The van der Waals surface area contributed by atoms with Gasteiger partial charge in [0.05, 0.1) is 23.2 Å². The molecule has 6 nitrogen and oxygen atoms in total. The summed E-state index contributed by atoms with van der Waals surface area (Å²) in [6, 6.07) is 0. The smallest absolute Gasteiger partial charge is 0.360 e. The first kappa shape index (κ1) is 11.7. The number of carbonyl (C=O) groups is 2. The highest BCUT2D eigenvalue weighted by Gasteiger charge is 2.19. The lowest BCUT2D eigenvalue weighted by Gasteiger charge is -1.97. The summed E-state index contributed by atoms with van der Waals surface area (Å²) in [7, 11) is 0. The molecule has 82 valence electrons. The van der Waals surface area contributed by atoms with Gasteiger partial charge in [-0.05, 0) is 22.9 Å².